The minimum Gasteiger partial charge on any atom is -0.461 e. The van der Waals surface area contributed by atoms with Crippen molar-refractivity contribution in [1.29, 1.82) is 0 Å². The zero-order chi connectivity index (χ0) is 24.7. The zero-order valence-electron chi connectivity index (χ0n) is 21.5. The minimum atomic E-state index is -2.06. The van der Waals surface area contributed by atoms with Gasteiger partial charge in [0, 0.05) is 19.5 Å². The molecular weight excluding hydrogens is 457 g/mol. The van der Waals surface area contributed by atoms with Gasteiger partial charge in [0.05, 0.1) is 12.7 Å². The lowest BCUT2D eigenvalue weighted by molar-refractivity contribution is -0.170. The van der Waals surface area contributed by atoms with Gasteiger partial charge in [0.25, 0.3) is 0 Å². The molecule has 2 heterocycles. The second-order valence-electron chi connectivity index (χ2n) is 11.7. The van der Waals surface area contributed by atoms with Crippen LogP contribution in [0.1, 0.15) is 34.6 Å². The smallest absolute Gasteiger partial charge is 0.356 e. The molecule has 2 aliphatic heterocycles. The van der Waals surface area contributed by atoms with Crippen molar-refractivity contribution in [2.75, 3.05) is 13.2 Å². The second kappa shape index (κ2) is 9.40. The Labute approximate surface area is 200 Å². The van der Waals surface area contributed by atoms with Crippen molar-refractivity contribution in [2.45, 2.75) is 89.9 Å². The van der Waals surface area contributed by atoms with Gasteiger partial charge in [0.2, 0.25) is 5.91 Å². The molecule has 1 amide bonds. The van der Waals surface area contributed by atoms with Gasteiger partial charge in [-0.1, -0.05) is 58.3 Å². The molecule has 182 valence electrons. The van der Waals surface area contributed by atoms with Gasteiger partial charge >= 0.3 is 5.97 Å². The number of allylic oxidation sites excluding steroid dienone is 1. The van der Waals surface area contributed by atoms with Crippen molar-refractivity contribution in [3.05, 3.63) is 22.8 Å². The first-order chi connectivity index (χ1) is 14.5. The van der Waals surface area contributed by atoms with Crippen molar-refractivity contribution in [3.8, 4) is 0 Å². The molecule has 0 spiro atoms. The van der Waals surface area contributed by atoms with Gasteiger partial charge in [0.1, 0.15) is 16.5 Å². The van der Waals surface area contributed by atoms with Crippen LogP contribution >= 0.6 is 11.8 Å². The fraction of sp³-hybridized carbons (Fsp3) is 0.739. The van der Waals surface area contributed by atoms with Crippen LogP contribution in [0.2, 0.25) is 43.8 Å². The number of hydrogen-bond donors (Lipinski definition) is 1. The summed E-state index contributed by atoms with van der Waals surface area (Å²) in [4.78, 5) is 28.9. The standard InChI is InChI=1S/C23H42N2O4SSi2/c1-16(29-32(9,10)22(2,3)4)23(5)20(27)25-18(17(12-11-13-24)30-21(23)25)19(26)28-14-15-31(6,7)8/h11-12,16,21H,13-15,24H2,1-10H3/b12-11+/t16?,21-,23+/m1/s1. The van der Waals surface area contributed by atoms with Gasteiger partial charge in [-0.25, -0.2) is 4.79 Å². The summed E-state index contributed by atoms with van der Waals surface area (Å²) in [5, 5.41) is -0.141. The molecule has 0 radical (unpaired) electrons. The molecule has 9 heteroatoms. The number of esters is 1. The predicted octanol–water partition coefficient (Wildman–Crippen LogP) is 4.93. The van der Waals surface area contributed by atoms with Crippen molar-refractivity contribution in [2.24, 2.45) is 11.1 Å². The summed E-state index contributed by atoms with van der Waals surface area (Å²) in [5.74, 6) is -0.502. The van der Waals surface area contributed by atoms with Gasteiger partial charge in [-0.2, -0.15) is 0 Å². The number of thioether (sulfide) groups is 1. The molecule has 6 nitrogen and oxygen atoms in total. The lowest BCUT2D eigenvalue weighted by atomic mass is 9.75. The number of carbonyl (C=O) groups excluding carboxylic acids is 2. The van der Waals surface area contributed by atoms with Gasteiger partial charge in [-0.3, -0.25) is 9.69 Å². The number of β-lactam (4-membered cyclic amide) rings is 1. The molecule has 1 fully saturated rings. The molecule has 0 aromatic rings. The minimum absolute atomic E-state index is 0.0472. The highest BCUT2D eigenvalue weighted by molar-refractivity contribution is 8.04. The number of nitrogens with zero attached hydrogens (tertiary/aromatic N) is 1. The summed E-state index contributed by atoms with van der Waals surface area (Å²) in [6, 6.07) is 0.889. The van der Waals surface area contributed by atoms with E-state index in [-0.39, 0.29) is 22.4 Å². The number of amides is 1. The van der Waals surface area contributed by atoms with Crippen molar-refractivity contribution >= 4 is 40.0 Å². The summed E-state index contributed by atoms with van der Waals surface area (Å²) in [6.07, 6.45) is 3.39. The van der Waals surface area contributed by atoms with Crippen molar-refractivity contribution in [1.82, 2.24) is 4.90 Å². The Morgan fingerprint density at radius 3 is 2.38 bits per heavy atom. The van der Waals surface area contributed by atoms with E-state index < -0.39 is 27.8 Å². The Bertz CT molecular complexity index is 814. The van der Waals surface area contributed by atoms with Gasteiger partial charge in [-0.05, 0) is 44.1 Å². The Morgan fingerprint density at radius 2 is 1.88 bits per heavy atom. The number of carbonyl (C=O) groups is 2. The number of rotatable bonds is 9. The van der Waals surface area contributed by atoms with E-state index in [9.17, 15) is 9.59 Å². The van der Waals surface area contributed by atoms with Crippen molar-refractivity contribution in [3.63, 3.8) is 0 Å². The average molecular weight is 499 g/mol. The first kappa shape index (κ1) is 27.4. The highest BCUT2D eigenvalue weighted by Crippen LogP contribution is 2.58. The summed E-state index contributed by atoms with van der Waals surface area (Å²) < 4.78 is 12.2. The zero-order valence-corrected chi connectivity index (χ0v) is 24.3. The Balaban J connectivity index is 2.26. The van der Waals surface area contributed by atoms with Gasteiger partial charge < -0.3 is 14.9 Å². The maximum Gasteiger partial charge on any atom is 0.356 e. The largest absolute Gasteiger partial charge is 0.461 e. The van der Waals surface area contributed by atoms with Crippen molar-refractivity contribution < 1.29 is 18.8 Å². The van der Waals surface area contributed by atoms with E-state index in [1.807, 2.05) is 19.9 Å². The van der Waals surface area contributed by atoms with Crippen LogP contribution in [0, 0.1) is 5.41 Å². The Kier molecular flexibility index (Phi) is 8.04. The highest BCUT2D eigenvalue weighted by atomic mass is 32.2. The Morgan fingerprint density at radius 1 is 1.28 bits per heavy atom. The summed E-state index contributed by atoms with van der Waals surface area (Å²) in [6.45, 7) is 22.4. The topological polar surface area (TPSA) is 81.9 Å². The third-order valence-electron chi connectivity index (χ3n) is 6.95. The third kappa shape index (κ3) is 5.27. The lowest BCUT2D eigenvalue weighted by Gasteiger charge is -2.55. The third-order valence-corrected chi connectivity index (χ3v) is 14.7. The quantitative estimate of drug-likeness (QED) is 0.276. The van der Waals surface area contributed by atoms with Crippen LogP contribution in [-0.2, 0) is 18.8 Å². The monoisotopic (exact) mass is 498 g/mol. The molecule has 0 aliphatic carbocycles. The molecule has 0 aromatic carbocycles. The van der Waals surface area contributed by atoms with Crippen LogP contribution in [0.25, 0.3) is 0 Å². The van der Waals surface area contributed by atoms with E-state index in [0.29, 0.717) is 18.8 Å². The van der Waals surface area contributed by atoms with E-state index in [4.69, 9.17) is 14.9 Å². The summed E-state index contributed by atoms with van der Waals surface area (Å²) >= 11 is 1.53. The number of hydrogen-bond acceptors (Lipinski definition) is 6. The fourth-order valence-corrected chi connectivity index (χ4v) is 7.24. The van der Waals surface area contributed by atoms with Crippen LogP contribution in [0.15, 0.2) is 22.8 Å². The van der Waals surface area contributed by atoms with Gasteiger partial charge in [-0.15, -0.1) is 0 Å². The normalized spacial score (nSPS) is 25.3. The maximum absolute atomic E-state index is 13.5. The molecular formula is C23H42N2O4SSi2. The second-order valence-corrected chi connectivity index (χ2v) is 23.2. The molecule has 0 saturated carbocycles. The summed E-state index contributed by atoms with van der Waals surface area (Å²) in [5.41, 5.74) is 5.30. The summed E-state index contributed by atoms with van der Waals surface area (Å²) in [7, 11) is -3.39. The van der Waals surface area contributed by atoms with E-state index in [2.05, 4.69) is 53.5 Å². The molecule has 2 aliphatic rings. The average Bonchev–Trinajstić information content (AvgIpc) is 2.99. The molecule has 2 N–H and O–H groups in total. The SMILES string of the molecule is CC(O[Si](C)(C)C(C)(C)C)[C@@]1(C)C(=O)N2C(C(=O)OCC[Si](C)(C)C)=C(/C=C/CN)S[C@@H]21. The molecule has 1 saturated heterocycles. The van der Waals surface area contributed by atoms with Crippen LogP contribution < -0.4 is 5.73 Å². The maximum atomic E-state index is 13.5. The molecule has 0 bridgehead atoms. The van der Waals surface area contributed by atoms with E-state index in [0.717, 1.165) is 10.9 Å². The first-order valence-corrected chi connectivity index (χ1v) is 18.9. The molecule has 3 atom stereocenters. The van der Waals surface area contributed by atoms with Crippen LogP contribution in [-0.4, -0.2) is 57.8 Å². The predicted molar refractivity (Wildman–Crippen MR) is 138 cm³/mol. The fourth-order valence-electron chi connectivity index (χ4n) is 3.49. The molecule has 2 rings (SSSR count). The molecule has 32 heavy (non-hydrogen) atoms. The number of ether oxygens (including phenoxy) is 1. The van der Waals surface area contributed by atoms with E-state index in [1.54, 1.807) is 11.0 Å². The van der Waals surface area contributed by atoms with Crippen LogP contribution in [0.3, 0.4) is 0 Å². The highest BCUT2D eigenvalue weighted by Gasteiger charge is 2.66. The van der Waals surface area contributed by atoms with E-state index >= 15 is 0 Å². The Hall–Kier alpha value is -0.876. The number of fused-ring (bicyclic) bond motifs is 1. The van der Waals surface area contributed by atoms with Gasteiger partial charge in [0.15, 0.2) is 8.32 Å². The van der Waals surface area contributed by atoms with E-state index in [1.165, 1.54) is 11.8 Å². The molecule has 0 aromatic heterocycles. The first-order valence-electron chi connectivity index (χ1n) is 11.4. The molecule has 1 unspecified atom stereocenters. The lowest BCUT2D eigenvalue weighted by Crippen LogP contribution is -2.69. The van der Waals surface area contributed by atoms with Crippen LogP contribution in [0.4, 0.5) is 0 Å². The number of nitrogens with two attached hydrogens (primary N) is 1. The van der Waals surface area contributed by atoms with Crippen LogP contribution in [0.5, 0.6) is 0 Å².